The lowest BCUT2D eigenvalue weighted by molar-refractivity contribution is 0.363. The number of fused-ring (bicyclic) bond motifs is 1. The number of halogens is 1. The van der Waals surface area contributed by atoms with Gasteiger partial charge in [0.25, 0.3) is 22.2 Å². The maximum atomic E-state index is 12.5. The smallest absolute Gasteiger partial charge is 0.275 e. The molecule has 0 N–H and O–H groups in total. The Kier molecular flexibility index (Phi) is 19.4. The van der Waals surface area contributed by atoms with Gasteiger partial charge in [-0.2, -0.15) is 40.3 Å². The first-order chi connectivity index (χ1) is 43.4. The predicted octanol–water partition coefficient (Wildman–Crippen LogP) is 7.21. The first kappa shape index (κ1) is 60.1. The monoisotopic (exact) mass is 1220 g/mol. The number of ether oxygens (including phenoxy) is 4. The maximum Gasteiger partial charge on any atom is 0.275 e. The van der Waals surface area contributed by atoms with Crippen LogP contribution in [0.4, 0.5) is 0 Å². The van der Waals surface area contributed by atoms with E-state index < -0.39 is 0 Å². The molecular formula is C60H49ClN16O12. The Labute approximate surface area is 506 Å². The molecule has 0 aliphatic heterocycles. The van der Waals surface area contributed by atoms with Crippen LogP contribution in [0.15, 0.2) is 214 Å². The molecule has 0 radical (unpaired) electrons. The predicted molar refractivity (Wildman–Crippen MR) is 318 cm³/mol. The lowest BCUT2D eigenvalue weighted by Gasteiger charge is -2.02. The Morgan fingerprint density at radius 1 is 0.382 bits per heavy atom. The number of nitrogens with zero attached hydrogens (tertiary/aromatic N) is 16. The van der Waals surface area contributed by atoms with Crippen LogP contribution in [0.3, 0.4) is 0 Å². The van der Waals surface area contributed by atoms with Gasteiger partial charge in [-0.1, -0.05) is 74.7 Å². The Balaban J connectivity index is 0.000000131. The second kappa shape index (κ2) is 28.7. The van der Waals surface area contributed by atoms with Crippen LogP contribution in [0.25, 0.3) is 56.3 Å². The van der Waals surface area contributed by atoms with Crippen LogP contribution in [0.1, 0.15) is 23.6 Å². The van der Waals surface area contributed by atoms with Crippen molar-refractivity contribution in [3.63, 3.8) is 0 Å². The van der Waals surface area contributed by atoms with Gasteiger partial charge in [-0.3, -0.25) is 19.2 Å². The number of hydrogen-bond donors (Lipinski definition) is 0. The van der Waals surface area contributed by atoms with E-state index in [-0.39, 0.29) is 59.3 Å². The van der Waals surface area contributed by atoms with Crippen molar-refractivity contribution in [3.8, 4) is 68.5 Å². The molecule has 28 nitrogen and oxygen atoms in total. The van der Waals surface area contributed by atoms with Crippen molar-refractivity contribution in [1.82, 2.24) is 79.7 Å². The molecular weight excluding hydrogens is 1170 g/mol. The lowest BCUT2D eigenvalue weighted by atomic mass is 10.2. The lowest BCUT2D eigenvalue weighted by Crippen LogP contribution is -2.23. The zero-order valence-corrected chi connectivity index (χ0v) is 48.3. The topological polar surface area (TPSA) is 332 Å². The maximum absolute atomic E-state index is 12.5. The molecule has 0 spiro atoms. The third kappa shape index (κ3) is 15.6. The van der Waals surface area contributed by atoms with Gasteiger partial charge in [0, 0.05) is 58.2 Å². The van der Waals surface area contributed by atoms with E-state index in [1.165, 1.54) is 55.5 Å². The van der Waals surface area contributed by atoms with Gasteiger partial charge in [0.2, 0.25) is 46.9 Å². The van der Waals surface area contributed by atoms with E-state index in [9.17, 15) is 19.2 Å². The fourth-order valence-corrected chi connectivity index (χ4v) is 8.18. The fraction of sp³-hybridized carbons (Fsp3) is 0.133. The summed E-state index contributed by atoms with van der Waals surface area (Å²) in [4.78, 5) is 64.4. The molecule has 0 unspecified atom stereocenters. The van der Waals surface area contributed by atoms with Gasteiger partial charge in [0.1, 0.15) is 49.2 Å². The summed E-state index contributed by atoms with van der Waals surface area (Å²) in [6.07, 6.45) is 6.09. The Hall–Kier alpha value is -12.1. The van der Waals surface area contributed by atoms with Crippen LogP contribution in [0, 0.1) is 0 Å². The molecule has 0 saturated heterocycles. The number of rotatable bonds is 16. The summed E-state index contributed by atoms with van der Waals surface area (Å²) in [7, 11) is 6.39. The third-order valence-electron chi connectivity index (χ3n) is 12.5. The highest BCUT2D eigenvalue weighted by atomic mass is 35.5. The van der Waals surface area contributed by atoms with Crippen molar-refractivity contribution < 1.29 is 37.0 Å². The van der Waals surface area contributed by atoms with E-state index in [0.717, 1.165) is 39.1 Å². The molecule has 89 heavy (non-hydrogen) atoms. The van der Waals surface area contributed by atoms with E-state index in [1.54, 1.807) is 65.0 Å². The quantitative estimate of drug-likeness (QED) is 0.0922. The van der Waals surface area contributed by atoms with Crippen LogP contribution in [-0.4, -0.2) is 108 Å². The fourth-order valence-electron chi connectivity index (χ4n) is 8.04. The molecule has 13 aromatic rings. The van der Waals surface area contributed by atoms with Crippen LogP contribution in [0.5, 0.6) is 23.0 Å². The number of hydrogen-bond acceptors (Lipinski definition) is 24. The molecule has 0 aliphatic carbocycles. The van der Waals surface area contributed by atoms with Gasteiger partial charge in [0.15, 0.2) is 0 Å². The first-order valence-electron chi connectivity index (χ1n) is 26.5. The van der Waals surface area contributed by atoms with Crippen molar-refractivity contribution in [2.45, 2.75) is 26.2 Å². The zero-order chi connectivity index (χ0) is 62.1. The highest BCUT2D eigenvalue weighted by Crippen LogP contribution is 2.24. The molecule has 0 fully saturated rings. The van der Waals surface area contributed by atoms with Crippen molar-refractivity contribution in [3.05, 3.63) is 246 Å². The molecule has 29 heteroatoms. The SMILES string of the molecule is COc1ccc(-c2noc(Cn3ncc(Cl)cc3=O)n2)cc1.COc1ccc(-c2noc(Cn3ncccc3=O)n2)cc1.COc1cccc(-c2noc(Cn3ncc4ccccc4c3=O)n2)c1.COc1cccc(-c2noc(Cn3ncccc3=O)n2)c1. The van der Waals surface area contributed by atoms with Gasteiger partial charge >= 0.3 is 0 Å². The largest absolute Gasteiger partial charge is 0.497 e. The summed E-state index contributed by atoms with van der Waals surface area (Å²) in [5, 5.41) is 33.3. The summed E-state index contributed by atoms with van der Waals surface area (Å²) in [6, 6.07) is 43.8. The highest BCUT2D eigenvalue weighted by Gasteiger charge is 2.16. The van der Waals surface area contributed by atoms with Gasteiger partial charge in [-0.05, 0) is 91.0 Å². The highest BCUT2D eigenvalue weighted by molar-refractivity contribution is 6.30. The molecule has 0 saturated carbocycles. The van der Waals surface area contributed by atoms with Crippen LogP contribution < -0.4 is 41.2 Å². The van der Waals surface area contributed by atoms with Crippen molar-refractivity contribution in [1.29, 1.82) is 0 Å². The van der Waals surface area contributed by atoms with Gasteiger partial charge < -0.3 is 37.0 Å². The van der Waals surface area contributed by atoms with Crippen LogP contribution >= 0.6 is 11.6 Å². The molecule has 448 valence electrons. The Morgan fingerprint density at radius 3 is 1.21 bits per heavy atom. The molecule has 8 heterocycles. The van der Waals surface area contributed by atoms with E-state index >= 15 is 0 Å². The summed E-state index contributed by atoms with van der Waals surface area (Å²) in [6.45, 7) is 0.471. The van der Waals surface area contributed by atoms with E-state index in [4.69, 9.17) is 48.6 Å². The summed E-state index contributed by atoms with van der Waals surface area (Å²) < 4.78 is 46.2. The second-order valence-corrected chi connectivity index (χ2v) is 18.8. The number of aromatic nitrogens is 16. The third-order valence-corrected chi connectivity index (χ3v) is 12.7. The summed E-state index contributed by atoms with van der Waals surface area (Å²) in [5.74, 6) is 5.88. The molecule has 5 aromatic carbocycles. The van der Waals surface area contributed by atoms with E-state index in [2.05, 4.69) is 61.0 Å². The Bertz CT molecular complexity index is 4730. The summed E-state index contributed by atoms with van der Waals surface area (Å²) >= 11 is 5.69. The standard InChI is InChI=1S/C18H14N4O3.C14H11ClN4O3.2C14H12N4O3/c1-24-14-7-4-6-12(9-14)17-20-16(25-21-17)11-22-18(23)15-8-3-2-5-13(15)10-19-22;1-21-11-4-2-9(3-5-11)14-17-12(22-18-14)8-19-13(20)6-10(15)7-16-19;1-20-11-5-2-4-10(8-11)14-16-12(21-17-14)9-18-13(19)6-3-7-15-18;1-20-11-6-4-10(5-7-11)14-16-12(21-17-14)9-18-13(19)3-2-8-15-18/h2-10H,11H2,1H3;2-7H,8H2,1H3;2*2-8H,9H2,1H3. The summed E-state index contributed by atoms with van der Waals surface area (Å²) in [5.41, 5.74) is 2.16. The van der Waals surface area contributed by atoms with Gasteiger partial charge in [0.05, 0.1) is 51.2 Å². The molecule has 0 aliphatic rings. The zero-order valence-electron chi connectivity index (χ0n) is 47.5. The minimum absolute atomic E-state index is 0.0825. The minimum atomic E-state index is -0.336. The van der Waals surface area contributed by atoms with Gasteiger partial charge in [-0.25, -0.2) is 18.7 Å². The van der Waals surface area contributed by atoms with E-state index in [1.807, 2.05) is 103 Å². The normalized spacial score (nSPS) is 10.7. The number of benzene rings is 5. The molecule has 0 atom stereocenters. The Morgan fingerprint density at radius 2 is 0.787 bits per heavy atom. The van der Waals surface area contributed by atoms with Gasteiger partial charge in [-0.15, -0.1) is 0 Å². The number of methoxy groups -OCH3 is 4. The van der Waals surface area contributed by atoms with Crippen molar-refractivity contribution >= 4 is 22.4 Å². The van der Waals surface area contributed by atoms with E-state index in [0.29, 0.717) is 57.9 Å². The molecule has 8 aromatic heterocycles. The average molecular weight is 1220 g/mol. The van der Waals surface area contributed by atoms with Crippen LogP contribution in [0.2, 0.25) is 5.02 Å². The second-order valence-electron chi connectivity index (χ2n) is 18.4. The van der Waals surface area contributed by atoms with Crippen LogP contribution in [-0.2, 0) is 26.2 Å². The minimum Gasteiger partial charge on any atom is -0.497 e. The molecule has 0 amide bonds. The molecule has 0 bridgehead atoms. The first-order valence-corrected chi connectivity index (χ1v) is 26.9. The van der Waals surface area contributed by atoms with Crippen molar-refractivity contribution in [2.75, 3.05) is 28.4 Å². The average Bonchev–Trinajstić information content (AvgIpc) is 3.91. The van der Waals surface area contributed by atoms with Crippen molar-refractivity contribution in [2.24, 2.45) is 0 Å². The molecule has 13 rings (SSSR count).